The van der Waals surface area contributed by atoms with Crippen LogP contribution in [0, 0.1) is 0 Å². The Hall–Kier alpha value is -1.25. The summed E-state index contributed by atoms with van der Waals surface area (Å²) in [5.74, 6) is -0.390. The first kappa shape index (κ1) is 8.84. The van der Waals surface area contributed by atoms with Gasteiger partial charge in [0.2, 0.25) is 0 Å². The highest BCUT2D eigenvalue weighted by Crippen LogP contribution is 2.43. The SMILES string of the molecule is C=C(C)C(=O)OC1(C(=C)N)CC1. The monoisotopic (exact) mass is 167 g/mol. The summed E-state index contributed by atoms with van der Waals surface area (Å²) in [5.41, 5.74) is 5.73. The normalized spacial score (nSPS) is 18.1. The van der Waals surface area contributed by atoms with E-state index in [1.54, 1.807) is 6.92 Å². The Bertz CT molecular complexity index is 251. The summed E-state index contributed by atoms with van der Waals surface area (Å²) < 4.78 is 5.11. The molecule has 0 aromatic rings. The minimum atomic E-state index is -0.573. The Morgan fingerprint density at radius 2 is 2.00 bits per heavy atom. The lowest BCUT2D eigenvalue weighted by Gasteiger charge is -2.15. The van der Waals surface area contributed by atoms with Gasteiger partial charge in [-0.3, -0.25) is 0 Å². The van der Waals surface area contributed by atoms with Crippen molar-refractivity contribution in [1.82, 2.24) is 0 Å². The van der Waals surface area contributed by atoms with Gasteiger partial charge in [0.05, 0.1) is 0 Å². The van der Waals surface area contributed by atoms with E-state index >= 15 is 0 Å². The number of hydrogen-bond acceptors (Lipinski definition) is 3. The number of hydrogen-bond donors (Lipinski definition) is 1. The van der Waals surface area contributed by atoms with E-state index in [2.05, 4.69) is 13.2 Å². The molecule has 1 aliphatic rings. The molecule has 3 nitrogen and oxygen atoms in total. The molecule has 0 spiro atoms. The first-order valence-electron chi connectivity index (χ1n) is 3.82. The number of nitrogens with two attached hydrogens (primary N) is 1. The van der Waals surface area contributed by atoms with Crippen LogP contribution in [0.4, 0.5) is 0 Å². The van der Waals surface area contributed by atoms with E-state index in [1.165, 1.54) is 0 Å². The van der Waals surface area contributed by atoms with Gasteiger partial charge in [-0.25, -0.2) is 4.79 Å². The topological polar surface area (TPSA) is 52.3 Å². The van der Waals surface area contributed by atoms with Gasteiger partial charge in [-0.15, -0.1) is 0 Å². The third-order valence-corrected chi connectivity index (χ3v) is 1.93. The molecule has 3 heteroatoms. The summed E-state index contributed by atoms with van der Waals surface area (Å²) in [6, 6.07) is 0. The van der Waals surface area contributed by atoms with Crippen LogP contribution in [0.25, 0.3) is 0 Å². The van der Waals surface area contributed by atoms with Crippen molar-refractivity contribution < 1.29 is 9.53 Å². The Morgan fingerprint density at radius 3 is 2.25 bits per heavy atom. The lowest BCUT2D eigenvalue weighted by atomic mass is 10.2. The predicted molar refractivity (Wildman–Crippen MR) is 46.2 cm³/mol. The predicted octanol–water partition coefficient (Wildman–Crippen LogP) is 1.11. The third kappa shape index (κ3) is 1.49. The molecule has 0 aromatic heterocycles. The molecule has 1 rings (SSSR count). The molecular weight excluding hydrogens is 154 g/mol. The van der Waals surface area contributed by atoms with E-state index in [9.17, 15) is 4.79 Å². The summed E-state index contributed by atoms with van der Waals surface area (Å²) in [6.45, 7) is 8.66. The van der Waals surface area contributed by atoms with Crippen LogP contribution >= 0.6 is 0 Å². The Balaban J connectivity index is 2.57. The number of ether oxygens (including phenoxy) is 1. The van der Waals surface area contributed by atoms with Crippen LogP contribution in [0.15, 0.2) is 24.4 Å². The zero-order valence-electron chi connectivity index (χ0n) is 7.22. The van der Waals surface area contributed by atoms with Crippen molar-refractivity contribution in [3.05, 3.63) is 24.4 Å². The van der Waals surface area contributed by atoms with Gasteiger partial charge in [0, 0.05) is 11.3 Å². The molecule has 1 aliphatic carbocycles. The van der Waals surface area contributed by atoms with Crippen molar-refractivity contribution in [3.8, 4) is 0 Å². The first-order chi connectivity index (χ1) is 5.48. The molecule has 0 aromatic carbocycles. The van der Waals surface area contributed by atoms with Crippen LogP contribution < -0.4 is 5.73 Å². The Morgan fingerprint density at radius 1 is 1.50 bits per heavy atom. The van der Waals surface area contributed by atoms with Crippen molar-refractivity contribution in [3.63, 3.8) is 0 Å². The Kier molecular flexibility index (Phi) is 1.96. The van der Waals surface area contributed by atoms with Gasteiger partial charge in [-0.05, 0) is 19.8 Å². The first-order valence-corrected chi connectivity index (χ1v) is 3.82. The zero-order chi connectivity index (χ0) is 9.35. The van der Waals surface area contributed by atoms with Crippen molar-refractivity contribution in [2.45, 2.75) is 25.4 Å². The molecule has 0 amide bonds. The second kappa shape index (κ2) is 2.66. The molecule has 2 N–H and O–H groups in total. The van der Waals surface area contributed by atoms with Gasteiger partial charge in [0.1, 0.15) is 0 Å². The van der Waals surface area contributed by atoms with E-state index in [1.807, 2.05) is 0 Å². The fourth-order valence-electron chi connectivity index (χ4n) is 0.867. The van der Waals surface area contributed by atoms with Crippen molar-refractivity contribution >= 4 is 5.97 Å². The lowest BCUT2D eigenvalue weighted by molar-refractivity contribution is -0.144. The fourth-order valence-corrected chi connectivity index (χ4v) is 0.867. The van der Waals surface area contributed by atoms with Crippen LogP contribution in [0.2, 0.25) is 0 Å². The van der Waals surface area contributed by atoms with Crippen molar-refractivity contribution in [2.75, 3.05) is 0 Å². The zero-order valence-corrected chi connectivity index (χ0v) is 7.22. The minimum Gasteiger partial charge on any atom is -0.449 e. The standard InChI is InChI=1S/C9H13NO2/c1-6(2)8(11)12-9(4-5-9)7(3)10/h1,3-5,10H2,2H3. The number of carbonyl (C=O) groups excluding carboxylic acids is 1. The highest BCUT2D eigenvalue weighted by molar-refractivity contribution is 5.87. The average molecular weight is 167 g/mol. The van der Waals surface area contributed by atoms with Gasteiger partial charge in [0.25, 0.3) is 0 Å². The minimum absolute atomic E-state index is 0.390. The molecule has 12 heavy (non-hydrogen) atoms. The van der Waals surface area contributed by atoms with Crippen LogP contribution in [-0.2, 0) is 9.53 Å². The smallest absolute Gasteiger partial charge is 0.334 e. The molecule has 0 unspecified atom stereocenters. The third-order valence-electron chi connectivity index (χ3n) is 1.93. The van der Waals surface area contributed by atoms with Crippen molar-refractivity contribution in [1.29, 1.82) is 0 Å². The maximum absolute atomic E-state index is 11.1. The number of esters is 1. The van der Waals surface area contributed by atoms with E-state index in [4.69, 9.17) is 10.5 Å². The molecule has 0 atom stereocenters. The second-order valence-electron chi connectivity index (χ2n) is 3.19. The van der Waals surface area contributed by atoms with Gasteiger partial charge in [-0.2, -0.15) is 0 Å². The van der Waals surface area contributed by atoms with Gasteiger partial charge >= 0.3 is 5.97 Å². The van der Waals surface area contributed by atoms with Crippen LogP contribution in [0.5, 0.6) is 0 Å². The second-order valence-corrected chi connectivity index (χ2v) is 3.19. The summed E-state index contributed by atoms with van der Waals surface area (Å²) in [7, 11) is 0. The van der Waals surface area contributed by atoms with Crippen molar-refractivity contribution in [2.24, 2.45) is 5.73 Å². The molecule has 0 aliphatic heterocycles. The molecule has 0 saturated heterocycles. The maximum Gasteiger partial charge on any atom is 0.334 e. The largest absolute Gasteiger partial charge is 0.449 e. The average Bonchev–Trinajstić information content (AvgIpc) is 2.68. The van der Waals surface area contributed by atoms with Gasteiger partial charge in [-0.1, -0.05) is 13.2 Å². The molecule has 0 heterocycles. The van der Waals surface area contributed by atoms with Crippen LogP contribution in [-0.4, -0.2) is 11.6 Å². The molecule has 0 radical (unpaired) electrons. The molecule has 66 valence electrons. The molecule has 1 fully saturated rings. The highest BCUT2D eigenvalue weighted by atomic mass is 16.6. The summed E-state index contributed by atoms with van der Waals surface area (Å²) >= 11 is 0. The fraction of sp³-hybridized carbons (Fsp3) is 0.444. The van der Waals surface area contributed by atoms with E-state index < -0.39 is 5.60 Å². The van der Waals surface area contributed by atoms with Crippen LogP contribution in [0.3, 0.4) is 0 Å². The number of carbonyl (C=O) groups is 1. The van der Waals surface area contributed by atoms with E-state index in [-0.39, 0.29) is 5.97 Å². The maximum atomic E-state index is 11.1. The summed E-state index contributed by atoms with van der Waals surface area (Å²) in [5, 5.41) is 0. The quantitative estimate of drug-likeness (QED) is 0.506. The van der Waals surface area contributed by atoms with Crippen LogP contribution in [0.1, 0.15) is 19.8 Å². The van der Waals surface area contributed by atoms with Gasteiger partial charge in [0.15, 0.2) is 5.60 Å². The van der Waals surface area contributed by atoms with E-state index in [0.29, 0.717) is 11.3 Å². The summed E-state index contributed by atoms with van der Waals surface area (Å²) in [4.78, 5) is 11.1. The highest BCUT2D eigenvalue weighted by Gasteiger charge is 2.48. The lowest BCUT2D eigenvalue weighted by Crippen LogP contribution is -2.25. The van der Waals surface area contributed by atoms with E-state index in [0.717, 1.165) is 12.8 Å². The number of rotatable bonds is 3. The Labute approximate surface area is 71.9 Å². The van der Waals surface area contributed by atoms with Gasteiger partial charge < -0.3 is 10.5 Å². The molecule has 0 bridgehead atoms. The molecular formula is C9H13NO2. The summed E-state index contributed by atoms with van der Waals surface area (Å²) in [6.07, 6.45) is 1.56. The molecule has 1 saturated carbocycles.